The summed E-state index contributed by atoms with van der Waals surface area (Å²) in [4.78, 5) is 8.62. The third-order valence-corrected chi connectivity index (χ3v) is 3.61. The van der Waals surface area contributed by atoms with Crippen LogP contribution in [0.3, 0.4) is 0 Å². The van der Waals surface area contributed by atoms with Crippen LogP contribution in [0.5, 0.6) is 5.75 Å². The molecule has 0 aliphatic rings. The van der Waals surface area contributed by atoms with Crippen LogP contribution < -0.4 is 10.5 Å². The molecule has 0 unspecified atom stereocenters. The topological polar surface area (TPSA) is 65.4 Å². The summed E-state index contributed by atoms with van der Waals surface area (Å²) in [5, 5.41) is 0. The van der Waals surface area contributed by atoms with Gasteiger partial charge in [-0.3, -0.25) is 4.40 Å². The van der Waals surface area contributed by atoms with Crippen LogP contribution in [-0.4, -0.2) is 14.4 Å². The molecule has 0 bridgehead atoms. The molecule has 5 heteroatoms. The fourth-order valence-corrected chi connectivity index (χ4v) is 2.52. The number of hydrogen-bond acceptors (Lipinski definition) is 4. The highest BCUT2D eigenvalue weighted by Gasteiger charge is 2.10. The van der Waals surface area contributed by atoms with Crippen molar-refractivity contribution < 1.29 is 4.74 Å². The summed E-state index contributed by atoms with van der Waals surface area (Å²) in [5.41, 5.74) is 9.58. The van der Waals surface area contributed by atoms with Crippen LogP contribution >= 0.6 is 0 Å². The van der Waals surface area contributed by atoms with Gasteiger partial charge in [-0.1, -0.05) is 36.4 Å². The highest BCUT2D eigenvalue weighted by atomic mass is 16.5. The van der Waals surface area contributed by atoms with Crippen LogP contribution in [0.4, 0.5) is 5.82 Å². The SMILES string of the molecule is Nc1nc2c(OCc3ccccc3)cccc2n2cncc12. The first-order valence-electron chi connectivity index (χ1n) is 7.00. The summed E-state index contributed by atoms with van der Waals surface area (Å²) in [6, 6.07) is 15.9. The van der Waals surface area contributed by atoms with Crippen molar-refractivity contribution in [2.75, 3.05) is 5.73 Å². The second kappa shape index (κ2) is 5.04. The molecule has 0 saturated heterocycles. The number of aromatic nitrogens is 3. The molecule has 2 aromatic heterocycles. The Balaban J connectivity index is 1.79. The summed E-state index contributed by atoms with van der Waals surface area (Å²) in [6.07, 6.45) is 3.44. The van der Waals surface area contributed by atoms with Crippen molar-refractivity contribution in [2.45, 2.75) is 6.61 Å². The van der Waals surface area contributed by atoms with E-state index in [1.54, 1.807) is 12.5 Å². The zero-order chi connectivity index (χ0) is 14.9. The molecule has 22 heavy (non-hydrogen) atoms. The maximum absolute atomic E-state index is 6.02. The Hall–Kier alpha value is -3.08. The Morgan fingerprint density at radius 3 is 2.73 bits per heavy atom. The molecule has 0 atom stereocenters. The van der Waals surface area contributed by atoms with E-state index in [-0.39, 0.29) is 0 Å². The van der Waals surface area contributed by atoms with Crippen LogP contribution in [-0.2, 0) is 6.61 Å². The molecule has 4 aromatic rings. The lowest BCUT2D eigenvalue weighted by Crippen LogP contribution is -2.01. The van der Waals surface area contributed by atoms with E-state index < -0.39 is 0 Å². The number of imidazole rings is 1. The number of hydrogen-bond donors (Lipinski definition) is 1. The summed E-state index contributed by atoms with van der Waals surface area (Å²) in [6.45, 7) is 0.490. The molecule has 4 rings (SSSR count). The highest BCUT2D eigenvalue weighted by molar-refractivity contribution is 5.87. The predicted molar refractivity (Wildman–Crippen MR) is 85.7 cm³/mol. The second-order valence-corrected chi connectivity index (χ2v) is 5.04. The minimum absolute atomic E-state index is 0.445. The van der Waals surface area contributed by atoms with Gasteiger partial charge in [0.05, 0.1) is 18.0 Å². The Morgan fingerprint density at radius 2 is 1.86 bits per heavy atom. The van der Waals surface area contributed by atoms with Gasteiger partial charge < -0.3 is 10.5 Å². The standard InChI is InChI=1S/C17H14N4O/c18-17-14-9-19-11-21(14)13-7-4-8-15(16(13)20-17)22-10-12-5-2-1-3-6-12/h1-9,11H,10H2,(H2,18,20). The van der Waals surface area contributed by atoms with Crippen LogP contribution in [0.1, 0.15) is 5.56 Å². The summed E-state index contributed by atoms with van der Waals surface area (Å²) >= 11 is 0. The Bertz CT molecular complexity index is 947. The van der Waals surface area contributed by atoms with Crippen LogP contribution in [0.15, 0.2) is 61.1 Å². The van der Waals surface area contributed by atoms with E-state index in [2.05, 4.69) is 9.97 Å². The number of para-hydroxylation sites is 1. The quantitative estimate of drug-likeness (QED) is 0.630. The molecule has 0 aliphatic heterocycles. The maximum Gasteiger partial charge on any atom is 0.150 e. The minimum atomic E-state index is 0.445. The van der Waals surface area contributed by atoms with E-state index in [0.29, 0.717) is 18.2 Å². The molecule has 2 N–H and O–H groups in total. The van der Waals surface area contributed by atoms with Gasteiger partial charge in [-0.15, -0.1) is 0 Å². The summed E-state index contributed by atoms with van der Waals surface area (Å²) in [7, 11) is 0. The number of benzene rings is 2. The van der Waals surface area contributed by atoms with Gasteiger partial charge in [0, 0.05) is 0 Å². The molecule has 2 heterocycles. The third-order valence-electron chi connectivity index (χ3n) is 3.61. The van der Waals surface area contributed by atoms with Gasteiger partial charge in [0.1, 0.15) is 29.2 Å². The molecule has 0 fully saturated rings. The van der Waals surface area contributed by atoms with Crippen molar-refractivity contribution in [3.8, 4) is 5.75 Å². The monoisotopic (exact) mass is 290 g/mol. The lowest BCUT2D eigenvalue weighted by Gasteiger charge is -2.11. The van der Waals surface area contributed by atoms with E-state index >= 15 is 0 Å². The van der Waals surface area contributed by atoms with Gasteiger partial charge in [0.25, 0.3) is 0 Å². The molecule has 108 valence electrons. The molecular weight excluding hydrogens is 276 g/mol. The largest absolute Gasteiger partial charge is 0.487 e. The van der Waals surface area contributed by atoms with E-state index in [4.69, 9.17) is 10.5 Å². The number of nitrogens with two attached hydrogens (primary N) is 1. The van der Waals surface area contributed by atoms with Crippen LogP contribution in [0.2, 0.25) is 0 Å². The Morgan fingerprint density at radius 1 is 1.00 bits per heavy atom. The Labute approximate surface area is 127 Å². The number of nitrogen functional groups attached to an aromatic ring is 1. The predicted octanol–water partition coefficient (Wildman–Crippen LogP) is 3.04. The lowest BCUT2D eigenvalue weighted by atomic mass is 10.2. The van der Waals surface area contributed by atoms with Gasteiger partial charge in [0.15, 0.2) is 0 Å². The van der Waals surface area contributed by atoms with Crippen molar-refractivity contribution >= 4 is 22.4 Å². The molecule has 0 aliphatic carbocycles. The minimum Gasteiger partial charge on any atom is -0.487 e. The number of nitrogens with zero attached hydrogens (tertiary/aromatic N) is 3. The van der Waals surface area contributed by atoms with Gasteiger partial charge in [-0.25, -0.2) is 9.97 Å². The van der Waals surface area contributed by atoms with Crippen molar-refractivity contribution in [3.05, 3.63) is 66.6 Å². The second-order valence-electron chi connectivity index (χ2n) is 5.04. The third kappa shape index (κ3) is 2.03. The lowest BCUT2D eigenvalue weighted by molar-refractivity contribution is 0.309. The zero-order valence-electron chi connectivity index (χ0n) is 11.8. The number of ether oxygens (including phenoxy) is 1. The molecule has 0 saturated carbocycles. The molecule has 0 amide bonds. The smallest absolute Gasteiger partial charge is 0.150 e. The van der Waals surface area contributed by atoms with Gasteiger partial charge in [0.2, 0.25) is 0 Å². The normalized spacial score (nSPS) is 11.1. The summed E-state index contributed by atoms with van der Waals surface area (Å²) < 4.78 is 7.86. The Kier molecular flexibility index (Phi) is 2.89. The van der Waals surface area contributed by atoms with Crippen LogP contribution in [0.25, 0.3) is 16.6 Å². The highest BCUT2D eigenvalue weighted by Crippen LogP contribution is 2.27. The molecular formula is C17H14N4O. The number of fused-ring (bicyclic) bond motifs is 3. The molecule has 0 radical (unpaired) electrons. The summed E-state index contributed by atoms with van der Waals surface area (Å²) in [5.74, 6) is 1.16. The van der Waals surface area contributed by atoms with Crippen molar-refractivity contribution in [3.63, 3.8) is 0 Å². The average molecular weight is 290 g/mol. The molecule has 5 nitrogen and oxygen atoms in total. The van der Waals surface area contributed by atoms with Crippen molar-refractivity contribution in [1.29, 1.82) is 0 Å². The van der Waals surface area contributed by atoms with E-state index in [9.17, 15) is 0 Å². The molecule has 2 aromatic carbocycles. The van der Waals surface area contributed by atoms with Gasteiger partial charge in [-0.05, 0) is 17.7 Å². The zero-order valence-corrected chi connectivity index (χ0v) is 11.8. The average Bonchev–Trinajstić information content (AvgIpc) is 3.05. The number of anilines is 1. The first-order chi connectivity index (χ1) is 10.8. The first kappa shape index (κ1) is 12.6. The van der Waals surface area contributed by atoms with Gasteiger partial charge >= 0.3 is 0 Å². The van der Waals surface area contributed by atoms with E-state index in [1.165, 1.54) is 0 Å². The van der Waals surface area contributed by atoms with E-state index in [0.717, 1.165) is 22.1 Å². The van der Waals surface area contributed by atoms with E-state index in [1.807, 2.05) is 52.9 Å². The first-order valence-corrected chi connectivity index (χ1v) is 7.00. The van der Waals surface area contributed by atoms with Crippen LogP contribution in [0, 0.1) is 0 Å². The van der Waals surface area contributed by atoms with Gasteiger partial charge in [-0.2, -0.15) is 0 Å². The van der Waals surface area contributed by atoms with Crippen molar-refractivity contribution in [2.24, 2.45) is 0 Å². The fraction of sp³-hybridized carbons (Fsp3) is 0.0588. The van der Waals surface area contributed by atoms with Crippen molar-refractivity contribution in [1.82, 2.24) is 14.4 Å². The fourth-order valence-electron chi connectivity index (χ4n) is 2.52. The maximum atomic E-state index is 6.02. The molecule has 0 spiro atoms. The number of rotatable bonds is 3.